The number of nitrogens with one attached hydrogen (secondary N) is 1. The topological polar surface area (TPSA) is 36.0 Å². The van der Waals surface area contributed by atoms with Gasteiger partial charge < -0.3 is 10.1 Å². The van der Waals surface area contributed by atoms with Gasteiger partial charge in [-0.25, -0.2) is 0 Å². The maximum absolute atomic E-state index is 9.00. The van der Waals surface area contributed by atoms with Gasteiger partial charge in [0.05, 0.1) is 6.61 Å². The maximum Gasteiger partial charge on any atom is 0.0681 e. The second-order valence-corrected chi connectivity index (χ2v) is 4.52. The van der Waals surface area contributed by atoms with Gasteiger partial charge in [-0.15, -0.1) is 0 Å². The summed E-state index contributed by atoms with van der Waals surface area (Å²) in [5.41, 5.74) is 4.39. The van der Waals surface area contributed by atoms with Gasteiger partial charge in [0.25, 0.3) is 0 Å². The van der Waals surface area contributed by atoms with Crippen molar-refractivity contribution in [1.29, 1.82) is 0 Å². The molecule has 1 heterocycles. The SMILES string of the molecule is OCc1ccc(/C=C/c2c[nH]c3ccccc23)cc1. The molecule has 94 valence electrons. The quantitative estimate of drug-likeness (QED) is 0.727. The summed E-state index contributed by atoms with van der Waals surface area (Å²) in [5.74, 6) is 0. The zero-order chi connectivity index (χ0) is 13.1. The minimum absolute atomic E-state index is 0.0897. The van der Waals surface area contributed by atoms with Gasteiger partial charge in [0.15, 0.2) is 0 Å². The Bertz CT molecular complexity index is 707. The van der Waals surface area contributed by atoms with E-state index in [4.69, 9.17) is 5.11 Å². The van der Waals surface area contributed by atoms with E-state index < -0.39 is 0 Å². The molecule has 3 aromatic rings. The minimum Gasteiger partial charge on any atom is -0.392 e. The molecule has 0 bridgehead atoms. The van der Waals surface area contributed by atoms with Crippen LogP contribution >= 0.6 is 0 Å². The number of H-pyrrole nitrogens is 1. The Morgan fingerprint density at radius 2 is 1.74 bits per heavy atom. The van der Waals surface area contributed by atoms with Crippen molar-refractivity contribution < 1.29 is 5.11 Å². The first-order valence-electron chi connectivity index (χ1n) is 6.31. The molecule has 0 radical (unpaired) electrons. The summed E-state index contributed by atoms with van der Waals surface area (Å²) in [7, 11) is 0. The van der Waals surface area contributed by atoms with Gasteiger partial charge in [-0.3, -0.25) is 0 Å². The smallest absolute Gasteiger partial charge is 0.0681 e. The second kappa shape index (κ2) is 5.12. The third kappa shape index (κ3) is 2.44. The van der Waals surface area contributed by atoms with Crippen molar-refractivity contribution >= 4 is 23.1 Å². The number of benzene rings is 2. The molecular formula is C17H15NO. The molecule has 0 spiro atoms. The van der Waals surface area contributed by atoms with Crippen LogP contribution in [0.25, 0.3) is 23.1 Å². The van der Waals surface area contributed by atoms with Crippen molar-refractivity contribution in [2.24, 2.45) is 0 Å². The van der Waals surface area contributed by atoms with Crippen LogP contribution in [0, 0.1) is 0 Å². The number of para-hydroxylation sites is 1. The fourth-order valence-corrected chi connectivity index (χ4v) is 2.15. The third-order valence-electron chi connectivity index (χ3n) is 3.24. The van der Waals surface area contributed by atoms with Crippen molar-refractivity contribution in [2.45, 2.75) is 6.61 Å². The van der Waals surface area contributed by atoms with Crippen molar-refractivity contribution in [3.8, 4) is 0 Å². The summed E-state index contributed by atoms with van der Waals surface area (Å²) in [4.78, 5) is 3.26. The lowest BCUT2D eigenvalue weighted by molar-refractivity contribution is 0.282. The number of hydrogen-bond acceptors (Lipinski definition) is 1. The molecule has 1 aromatic heterocycles. The van der Waals surface area contributed by atoms with Crippen LogP contribution in [-0.2, 0) is 6.61 Å². The van der Waals surface area contributed by atoms with E-state index >= 15 is 0 Å². The van der Waals surface area contributed by atoms with Gasteiger partial charge in [-0.05, 0) is 22.8 Å². The normalized spacial score (nSPS) is 11.4. The fraction of sp³-hybridized carbons (Fsp3) is 0.0588. The monoisotopic (exact) mass is 249 g/mol. The van der Waals surface area contributed by atoms with E-state index in [0.717, 1.165) is 16.6 Å². The summed E-state index contributed by atoms with van der Waals surface area (Å²) in [6.07, 6.45) is 6.20. The molecule has 0 aliphatic heterocycles. The van der Waals surface area contributed by atoms with Crippen LogP contribution in [0.2, 0.25) is 0 Å². The van der Waals surface area contributed by atoms with Crippen LogP contribution in [0.15, 0.2) is 54.7 Å². The Balaban J connectivity index is 1.89. The lowest BCUT2D eigenvalue weighted by Gasteiger charge is -1.97. The van der Waals surface area contributed by atoms with E-state index in [1.54, 1.807) is 0 Å². The van der Waals surface area contributed by atoms with Gasteiger partial charge >= 0.3 is 0 Å². The molecule has 0 aliphatic carbocycles. The van der Waals surface area contributed by atoms with Crippen LogP contribution < -0.4 is 0 Å². The molecule has 0 saturated heterocycles. The highest BCUT2D eigenvalue weighted by Crippen LogP contribution is 2.20. The molecule has 0 aliphatic rings. The number of aromatic amines is 1. The predicted molar refractivity (Wildman–Crippen MR) is 79.6 cm³/mol. The highest BCUT2D eigenvalue weighted by Gasteiger charge is 1.98. The molecular weight excluding hydrogens is 234 g/mol. The standard InChI is InChI=1S/C17H15NO/c19-12-14-7-5-13(6-8-14)9-10-15-11-18-17-4-2-1-3-16(15)17/h1-11,18-19H,12H2/b10-9+. The minimum atomic E-state index is 0.0897. The summed E-state index contributed by atoms with van der Waals surface area (Å²) >= 11 is 0. The van der Waals surface area contributed by atoms with Crippen LogP contribution in [0.3, 0.4) is 0 Å². The van der Waals surface area contributed by atoms with Gasteiger partial charge in [0.2, 0.25) is 0 Å². The average molecular weight is 249 g/mol. The number of aliphatic hydroxyl groups is 1. The second-order valence-electron chi connectivity index (χ2n) is 4.52. The molecule has 0 fully saturated rings. The summed E-state index contributed by atoms with van der Waals surface area (Å²) in [5, 5.41) is 10.2. The molecule has 3 rings (SSSR count). The highest BCUT2D eigenvalue weighted by molar-refractivity contribution is 5.91. The molecule has 2 heteroatoms. The Morgan fingerprint density at radius 1 is 0.947 bits per heavy atom. The number of aromatic nitrogens is 1. The van der Waals surface area contributed by atoms with Crippen LogP contribution in [0.4, 0.5) is 0 Å². The zero-order valence-electron chi connectivity index (χ0n) is 10.5. The Labute approximate surface area is 112 Å². The Hall–Kier alpha value is -2.32. The number of aliphatic hydroxyl groups excluding tert-OH is 1. The van der Waals surface area contributed by atoms with Crippen molar-refractivity contribution in [1.82, 2.24) is 4.98 Å². The molecule has 0 unspecified atom stereocenters. The van der Waals surface area contributed by atoms with Gasteiger partial charge in [0, 0.05) is 17.1 Å². The van der Waals surface area contributed by atoms with Crippen molar-refractivity contribution in [2.75, 3.05) is 0 Å². The Kier molecular flexibility index (Phi) is 3.17. The van der Waals surface area contributed by atoms with E-state index in [9.17, 15) is 0 Å². The predicted octanol–water partition coefficient (Wildman–Crippen LogP) is 3.83. The van der Waals surface area contributed by atoms with E-state index in [1.165, 1.54) is 10.9 Å². The van der Waals surface area contributed by atoms with Gasteiger partial charge in [-0.1, -0.05) is 54.6 Å². The number of rotatable bonds is 3. The number of fused-ring (bicyclic) bond motifs is 1. The van der Waals surface area contributed by atoms with Gasteiger partial charge in [-0.2, -0.15) is 0 Å². The summed E-state index contributed by atoms with van der Waals surface area (Å²) in [6, 6.07) is 16.2. The fourth-order valence-electron chi connectivity index (χ4n) is 2.15. The molecule has 0 amide bonds. The molecule has 2 N–H and O–H groups in total. The van der Waals surface area contributed by atoms with E-state index in [2.05, 4.69) is 29.3 Å². The molecule has 2 nitrogen and oxygen atoms in total. The lowest BCUT2D eigenvalue weighted by Crippen LogP contribution is -1.81. The number of hydrogen-bond donors (Lipinski definition) is 2. The van der Waals surface area contributed by atoms with Crippen molar-refractivity contribution in [3.63, 3.8) is 0 Å². The largest absolute Gasteiger partial charge is 0.392 e. The van der Waals surface area contributed by atoms with E-state index in [-0.39, 0.29) is 6.61 Å². The first-order valence-corrected chi connectivity index (χ1v) is 6.31. The molecule has 0 saturated carbocycles. The first kappa shape index (κ1) is 11.8. The highest BCUT2D eigenvalue weighted by atomic mass is 16.3. The lowest BCUT2D eigenvalue weighted by atomic mass is 10.1. The summed E-state index contributed by atoms with van der Waals surface area (Å²) in [6.45, 7) is 0.0897. The average Bonchev–Trinajstić information content (AvgIpc) is 2.89. The van der Waals surface area contributed by atoms with Crippen LogP contribution in [0.5, 0.6) is 0 Å². The summed E-state index contributed by atoms with van der Waals surface area (Å²) < 4.78 is 0. The Morgan fingerprint density at radius 3 is 2.53 bits per heavy atom. The van der Waals surface area contributed by atoms with E-state index in [1.807, 2.05) is 42.6 Å². The third-order valence-corrected chi connectivity index (χ3v) is 3.24. The van der Waals surface area contributed by atoms with Gasteiger partial charge in [0.1, 0.15) is 0 Å². The maximum atomic E-state index is 9.00. The van der Waals surface area contributed by atoms with Crippen LogP contribution in [-0.4, -0.2) is 10.1 Å². The van der Waals surface area contributed by atoms with Crippen molar-refractivity contribution in [3.05, 3.63) is 71.4 Å². The zero-order valence-corrected chi connectivity index (χ0v) is 10.5. The molecule has 2 aromatic carbocycles. The molecule has 0 atom stereocenters. The van der Waals surface area contributed by atoms with E-state index in [0.29, 0.717) is 0 Å². The van der Waals surface area contributed by atoms with Crippen LogP contribution in [0.1, 0.15) is 16.7 Å². The first-order chi connectivity index (χ1) is 9.36. The molecule has 19 heavy (non-hydrogen) atoms.